The Kier molecular flexibility index (Phi) is 6.62. The van der Waals surface area contributed by atoms with E-state index in [1.165, 1.54) is 37.5 Å². The first-order valence-electron chi connectivity index (χ1n) is 7.89. The average Bonchev–Trinajstić information content (AvgIpc) is 2.64. The summed E-state index contributed by atoms with van der Waals surface area (Å²) in [4.78, 5) is 12.3. The smallest absolute Gasteiger partial charge is 0.328 e. The van der Waals surface area contributed by atoms with Gasteiger partial charge in [-0.2, -0.15) is 0 Å². The zero-order valence-electron chi connectivity index (χ0n) is 14.4. The van der Waals surface area contributed by atoms with E-state index in [-0.39, 0.29) is 34.4 Å². The molecule has 0 radical (unpaired) electrons. The van der Waals surface area contributed by atoms with Crippen molar-refractivity contribution in [1.82, 2.24) is 5.32 Å². The Morgan fingerprint density at radius 2 is 1.70 bits per heavy atom. The predicted molar refractivity (Wildman–Crippen MR) is 104 cm³/mol. The summed E-state index contributed by atoms with van der Waals surface area (Å²) in [6.45, 7) is 0. The predicted octanol–water partition coefficient (Wildman–Crippen LogP) is 2.22. The number of benzene rings is 2. The molecule has 0 spiro atoms. The Bertz CT molecular complexity index is 880. The maximum atomic E-state index is 12.0. The SMILES string of the molecule is COC(=O)[C@H](Cc1ccc(O)c(O)c1)NC(=S)/C=C/c1ccc(O)c(O)c1. The molecule has 0 aliphatic carbocycles. The fourth-order valence-electron chi connectivity index (χ4n) is 2.30. The van der Waals surface area contributed by atoms with Crippen LogP contribution < -0.4 is 5.32 Å². The van der Waals surface area contributed by atoms with Crippen molar-refractivity contribution in [3.8, 4) is 23.0 Å². The van der Waals surface area contributed by atoms with Gasteiger partial charge in [-0.05, 0) is 41.5 Å². The van der Waals surface area contributed by atoms with Crippen molar-refractivity contribution < 1.29 is 30.0 Å². The summed E-state index contributed by atoms with van der Waals surface area (Å²) in [7, 11) is 1.25. The number of phenolic OH excluding ortho intramolecular Hbond substituents is 4. The van der Waals surface area contributed by atoms with Gasteiger partial charge in [0.2, 0.25) is 0 Å². The lowest BCUT2D eigenvalue weighted by Crippen LogP contribution is -2.41. The molecular weight excluding hydrogens is 370 g/mol. The summed E-state index contributed by atoms with van der Waals surface area (Å²) in [5.74, 6) is -1.56. The zero-order valence-corrected chi connectivity index (χ0v) is 15.2. The van der Waals surface area contributed by atoms with Crippen molar-refractivity contribution >= 4 is 29.3 Å². The Morgan fingerprint density at radius 3 is 2.30 bits per heavy atom. The van der Waals surface area contributed by atoms with Gasteiger partial charge in [-0.25, -0.2) is 4.79 Å². The maximum absolute atomic E-state index is 12.0. The topological polar surface area (TPSA) is 119 Å². The number of ether oxygens (including phenoxy) is 1. The average molecular weight is 389 g/mol. The van der Waals surface area contributed by atoms with Gasteiger partial charge in [0.15, 0.2) is 23.0 Å². The molecular formula is C19H19NO6S. The van der Waals surface area contributed by atoms with Crippen molar-refractivity contribution in [2.24, 2.45) is 0 Å². The van der Waals surface area contributed by atoms with Crippen molar-refractivity contribution in [2.45, 2.75) is 12.5 Å². The van der Waals surface area contributed by atoms with Crippen LogP contribution in [0.1, 0.15) is 11.1 Å². The lowest BCUT2D eigenvalue weighted by Gasteiger charge is -2.17. The minimum atomic E-state index is -0.802. The summed E-state index contributed by atoms with van der Waals surface area (Å²) < 4.78 is 4.77. The van der Waals surface area contributed by atoms with Crippen LogP contribution in [0.3, 0.4) is 0 Å². The number of aromatic hydroxyl groups is 4. The van der Waals surface area contributed by atoms with Crippen molar-refractivity contribution in [1.29, 1.82) is 0 Å². The Labute approximate surface area is 161 Å². The first-order chi connectivity index (χ1) is 12.8. The van der Waals surface area contributed by atoms with Gasteiger partial charge in [-0.3, -0.25) is 0 Å². The van der Waals surface area contributed by atoms with Gasteiger partial charge in [0.1, 0.15) is 6.04 Å². The molecule has 0 saturated heterocycles. The molecule has 0 aromatic heterocycles. The number of rotatable bonds is 6. The van der Waals surface area contributed by atoms with E-state index in [1.807, 2.05) is 0 Å². The molecule has 8 heteroatoms. The highest BCUT2D eigenvalue weighted by Crippen LogP contribution is 2.26. The van der Waals surface area contributed by atoms with Crippen LogP contribution in [-0.2, 0) is 16.0 Å². The summed E-state index contributed by atoms with van der Waals surface area (Å²) in [5.41, 5.74) is 1.20. The summed E-state index contributed by atoms with van der Waals surface area (Å²) >= 11 is 5.21. The third-order valence-electron chi connectivity index (χ3n) is 3.71. The number of carbonyl (C=O) groups is 1. The molecule has 0 saturated carbocycles. The van der Waals surface area contributed by atoms with Crippen LogP contribution in [0.25, 0.3) is 6.08 Å². The van der Waals surface area contributed by atoms with Crippen LogP contribution in [0.15, 0.2) is 42.5 Å². The largest absolute Gasteiger partial charge is 0.504 e. The second kappa shape index (κ2) is 8.91. The Morgan fingerprint density at radius 1 is 1.07 bits per heavy atom. The highest BCUT2D eigenvalue weighted by Gasteiger charge is 2.20. The van der Waals surface area contributed by atoms with Gasteiger partial charge in [0.25, 0.3) is 0 Å². The van der Waals surface area contributed by atoms with Gasteiger partial charge in [-0.1, -0.05) is 30.4 Å². The molecule has 2 aromatic rings. The molecule has 2 aromatic carbocycles. The van der Waals surface area contributed by atoms with Gasteiger partial charge < -0.3 is 30.5 Å². The van der Waals surface area contributed by atoms with Crippen LogP contribution in [0, 0.1) is 0 Å². The fraction of sp³-hybridized carbons (Fsp3) is 0.158. The van der Waals surface area contributed by atoms with Gasteiger partial charge in [0.05, 0.1) is 12.1 Å². The van der Waals surface area contributed by atoms with E-state index in [4.69, 9.17) is 17.0 Å². The number of methoxy groups -OCH3 is 1. The molecule has 1 atom stereocenters. The first kappa shape index (κ1) is 20.1. The summed E-state index contributed by atoms with van der Waals surface area (Å²) in [5, 5.41) is 40.6. The quantitative estimate of drug-likeness (QED) is 0.221. The van der Waals surface area contributed by atoms with E-state index in [9.17, 15) is 25.2 Å². The summed E-state index contributed by atoms with van der Waals surface area (Å²) in [6, 6.07) is 7.76. The number of phenols is 4. The monoisotopic (exact) mass is 389 g/mol. The third-order valence-corrected chi connectivity index (χ3v) is 3.96. The maximum Gasteiger partial charge on any atom is 0.328 e. The Hall–Kier alpha value is -3.26. The molecule has 142 valence electrons. The molecule has 5 N–H and O–H groups in total. The van der Waals surface area contributed by atoms with Crippen LogP contribution in [0.5, 0.6) is 23.0 Å². The molecule has 27 heavy (non-hydrogen) atoms. The van der Waals surface area contributed by atoms with Crippen molar-refractivity contribution in [3.05, 3.63) is 53.6 Å². The van der Waals surface area contributed by atoms with E-state index in [2.05, 4.69) is 5.32 Å². The number of esters is 1. The first-order valence-corrected chi connectivity index (χ1v) is 8.30. The second-order valence-corrected chi connectivity index (χ2v) is 6.13. The van der Waals surface area contributed by atoms with E-state index in [0.29, 0.717) is 11.1 Å². The second-order valence-electron chi connectivity index (χ2n) is 5.69. The lowest BCUT2D eigenvalue weighted by atomic mass is 10.1. The fourth-order valence-corrected chi connectivity index (χ4v) is 2.51. The molecule has 7 nitrogen and oxygen atoms in total. The number of hydrogen-bond acceptors (Lipinski definition) is 7. The normalized spacial score (nSPS) is 11.9. The molecule has 2 rings (SSSR count). The van der Waals surface area contributed by atoms with E-state index in [0.717, 1.165) is 0 Å². The highest BCUT2D eigenvalue weighted by atomic mass is 32.1. The van der Waals surface area contributed by atoms with Gasteiger partial charge in [0, 0.05) is 6.42 Å². The molecule has 0 aliphatic rings. The van der Waals surface area contributed by atoms with E-state index < -0.39 is 12.0 Å². The molecule has 0 bridgehead atoms. The zero-order chi connectivity index (χ0) is 20.0. The van der Waals surface area contributed by atoms with Gasteiger partial charge in [-0.15, -0.1) is 0 Å². The minimum Gasteiger partial charge on any atom is -0.504 e. The Balaban J connectivity index is 2.09. The standard InChI is InChI=1S/C19H19NO6S/c1-26-19(25)13(8-12-3-6-15(22)17(24)10-12)20-18(27)7-4-11-2-5-14(21)16(23)9-11/h2-7,9-10,13,21-24H,8H2,1H3,(H,20,27)/b7-4+/t13-/m0/s1. The van der Waals surface area contributed by atoms with E-state index >= 15 is 0 Å². The summed E-state index contributed by atoms with van der Waals surface area (Å²) in [6.07, 6.45) is 3.31. The van der Waals surface area contributed by atoms with Crippen LogP contribution in [-0.4, -0.2) is 44.5 Å². The molecule has 0 fully saturated rings. The van der Waals surface area contributed by atoms with Crippen molar-refractivity contribution in [2.75, 3.05) is 7.11 Å². The molecule has 0 heterocycles. The number of nitrogens with one attached hydrogen (secondary N) is 1. The van der Waals surface area contributed by atoms with Crippen molar-refractivity contribution in [3.63, 3.8) is 0 Å². The number of thiocarbonyl (C=S) groups is 1. The van der Waals surface area contributed by atoms with E-state index in [1.54, 1.807) is 18.2 Å². The number of carbonyl (C=O) groups excluding carboxylic acids is 1. The van der Waals surface area contributed by atoms with Gasteiger partial charge >= 0.3 is 5.97 Å². The highest BCUT2D eigenvalue weighted by molar-refractivity contribution is 7.80. The minimum absolute atomic E-state index is 0.175. The van der Waals surface area contributed by atoms with Crippen LogP contribution in [0.2, 0.25) is 0 Å². The molecule has 0 aliphatic heterocycles. The molecule has 0 unspecified atom stereocenters. The lowest BCUT2D eigenvalue weighted by molar-refractivity contribution is -0.142. The molecule has 0 amide bonds. The number of hydrogen-bond donors (Lipinski definition) is 5. The van der Waals surface area contributed by atoms with Crippen LogP contribution >= 0.6 is 12.2 Å². The van der Waals surface area contributed by atoms with Crippen LogP contribution in [0.4, 0.5) is 0 Å². The third kappa shape index (κ3) is 5.61.